The Bertz CT molecular complexity index is 1120. The van der Waals surface area contributed by atoms with E-state index in [9.17, 15) is 20.1 Å². The van der Waals surface area contributed by atoms with Gasteiger partial charge in [-0.3, -0.25) is 10.1 Å². The second kappa shape index (κ2) is 8.53. The Labute approximate surface area is 170 Å². The molecule has 0 spiro atoms. The van der Waals surface area contributed by atoms with Gasteiger partial charge in [0.1, 0.15) is 27.1 Å². The maximum Gasteiger partial charge on any atom is 0.273 e. The maximum atomic E-state index is 11.6. The van der Waals surface area contributed by atoms with Crippen LogP contribution >= 0.6 is 11.3 Å². The molecular formula is C20H16N4O4S. The SMILES string of the molecule is C=C(N=O)c1nc(-c2ccc(Cc3ccc(O)cc3)c([N+](=O)[O-])c2)sc1/N=C\C. The Morgan fingerprint density at radius 3 is 2.66 bits per heavy atom. The predicted octanol–water partition coefficient (Wildman–Crippen LogP) is 5.47. The van der Waals surface area contributed by atoms with E-state index in [1.807, 2.05) is 0 Å². The van der Waals surface area contributed by atoms with E-state index >= 15 is 0 Å². The van der Waals surface area contributed by atoms with E-state index in [-0.39, 0.29) is 22.8 Å². The van der Waals surface area contributed by atoms with Crippen LogP contribution in [0.2, 0.25) is 0 Å². The van der Waals surface area contributed by atoms with Gasteiger partial charge in [-0.25, -0.2) is 9.98 Å². The number of nitro groups is 1. The monoisotopic (exact) mass is 408 g/mol. The number of benzene rings is 2. The number of nitro benzene ring substituents is 1. The minimum absolute atomic E-state index is 0.0415. The maximum absolute atomic E-state index is 11.6. The molecule has 0 amide bonds. The molecule has 1 heterocycles. The topological polar surface area (TPSA) is 118 Å². The average molecular weight is 408 g/mol. The normalized spacial score (nSPS) is 10.9. The van der Waals surface area contributed by atoms with Crippen molar-refractivity contribution in [2.75, 3.05) is 0 Å². The van der Waals surface area contributed by atoms with Gasteiger partial charge in [0.15, 0.2) is 0 Å². The van der Waals surface area contributed by atoms with Crippen LogP contribution in [0.4, 0.5) is 10.7 Å². The van der Waals surface area contributed by atoms with Gasteiger partial charge in [-0.15, -0.1) is 4.91 Å². The Balaban J connectivity index is 2.02. The molecule has 1 aromatic heterocycles. The number of aliphatic imine (C=N–C) groups is 1. The van der Waals surface area contributed by atoms with Crippen molar-refractivity contribution >= 4 is 33.9 Å². The van der Waals surface area contributed by atoms with Crippen molar-refractivity contribution in [3.8, 4) is 16.3 Å². The molecule has 0 aliphatic rings. The first-order valence-corrected chi connectivity index (χ1v) is 9.32. The van der Waals surface area contributed by atoms with Gasteiger partial charge in [0.05, 0.1) is 4.92 Å². The van der Waals surface area contributed by atoms with Gasteiger partial charge in [0.25, 0.3) is 5.69 Å². The lowest BCUT2D eigenvalue weighted by Gasteiger charge is -2.05. The third-order valence-corrected chi connectivity index (χ3v) is 5.11. The van der Waals surface area contributed by atoms with Crippen LogP contribution in [0.25, 0.3) is 16.3 Å². The Morgan fingerprint density at radius 1 is 1.31 bits per heavy atom. The second-order valence-corrected chi connectivity index (χ2v) is 7.02. The number of phenols is 1. The Morgan fingerprint density at radius 2 is 2.03 bits per heavy atom. The average Bonchev–Trinajstić information content (AvgIpc) is 3.13. The highest BCUT2D eigenvalue weighted by Crippen LogP contribution is 2.39. The van der Waals surface area contributed by atoms with E-state index < -0.39 is 4.92 Å². The Kier molecular flexibility index (Phi) is 5.89. The van der Waals surface area contributed by atoms with E-state index in [1.54, 1.807) is 37.4 Å². The summed E-state index contributed by atoms with van der Waals surface area (Å²) in [5.74, 6) is 0.134. The number of aromatic nitrogens is 1. The van der Waals surface area contributed by atoms with Crippen LogP contribution in [0.1, 0.15) is 23.7 Å². The van der Waals surface area contributed by atoms with Gasteiger partial charge in [-0.2, -0.15) is 0 Å². The number of rotatable bonds is 7. The molecule has 3 aromatic rings. The van der Waals surface area contributed by atoms with Crippen molar-refractivity contribution in [1.82, 2.24) is 4.98 Å². The number of nitrogens with zero attached hydrogens (tertiary/aromatic N) is 4. The molecule has 0 fully saturated rings. The minimum Gasteiger partial charge on any atom is -0.508 e. The summed E-state index contributed by atoms with van der Waals surface area (Å²) in [4.78, 5) is 30.6. The molecule has 2 aromatic carbocycles. The number of hydrogen-bond donors (Lipinski definition) is 1. The Hall–Kier alpha value is -3.72. The van der Waals surface area contributed by atoms with Gasteiger partial charge in [0, 0.05) is 29.8 Å². The zero-order chi connectivity index (χ0) is 21.0. The molecule has 29 heavy (non-hydrogen) atoms. The standard InChI is InChI=1S/C20H16N4O4S/c1-3-21-20-18(12(2)23-26)22-19(29-20)15-7-6-14(17(11-15)24(27)28)10-13-4-8-16(25)9-5-13/h3-9,11,25H,2,10H2,1H3/b21-3-. The summed E-state index contributed by atoms with van der Waals surface area (Å²) in [7, 11) is 0. The molecule has 0 bridgehead atoms. The highest BCUT2D eigenvalue weighted by molar-refractivity contribution is 7.19. The van der Waals surface area contributed by atoms with Gasteiger partial charge in [0.2, 0.25) is 0 Å². The van der Waals surface area contributed by atoms with Crippen molar-refractivity contribution in [2.24, 2.45) is 10.2 Å². The van der Waals surface area contributed by atoms with Gasteiger partial charge >= 0.3 is 0 Å². The molecule has 0 radical (unpaired) electrons. The van der Waals surface area contributed by atoms with Gasteiger partial charge in [-0.05, 0) is 29.8 Å². The molecule has 3 rings (SSSR count). The third kappa shape index (κ3) is 4.41. The first-order chi connectivity index (χ1) is 13.9. The fourth-order valence-corrected chi connectivity index (χ4v) is 3.70. The van der Waals surface area contributed by atoms with Crippen molar-refractivity contribution in [1.29, 1.82) is 0 Å². The van der Waals surface area contributed by atoms with E-state index in [1.165, 1.54) is 29.5 Å². The molecule has 0 aliphatic carbocycles. The summed E-state index contributed by atoms with van der Waals surface area (Å²) < 4.78 is 0. The first-order valence-electron chi connectivity index (χ1n) is 8.50. The summed E-state index contributed by atoms with van der Waals surface area (Å²) >= 11 is 1.19. The van der Waals surface area contributed by atoms with Gasteiger partial charge in [-0.1, -0.05) is 42.2 Å². The highest BCUT2D eigenvalue weighted by Gasteiger charge is 2.20. The smallest absolute Gasteiger partial charge is 0.273 e. The summed E-state index contributed by atoms with van der Waals surface area (Å²) in [6.45, 7) is 5.30. The number of nitroso groups, excluding NO2 is 1. The van der Waals surface area contributed by atoms with Crippen molar-refractivity contribution in [3.63, 3.8) is 0 Å². The lowest BCUT2D eigenvalue weighted by molar-refractivity contribution is -0.385. The molecule has 8 nitrogen and oxygen atoms in total. The van der Waals surface area contributed by atoms with Crippen molar-refractivity contribution in [3.05, 3.63) is 80.9 Å². The highest BCUT2D eigenvalue weighted by atomic mass is 32.1. The fourth-order valence-electron chi connectivity index (χ4n) is 2.72. The lowest BCUT2D eigenvalue weighted by Crippen LogP contribution is -1.97. The van der Waals surface area contributed by atoms with Crippen LogP contribution in [0.15, 0.2) is 59.2 Å². The lowest BCUT2D eigenvalue weighted by atomic mass is 10.0. The van der Waals surface area contributed by atoms with Crippen LogP contribution in [0, 0.1) is 15.0 Å². The minimum atomic E-state index is -0.440. The molecule has 9 heteroatoms. The quantitative estimate of drug-likeness (QED) is 0.240. The van der Waals surface area contributed by atoms with Crippen LogP contribution in [0.3, 0.4) is 0 Å². The van der Waals surface area contributed by atoms with Crippen LogP contribution in [-0.4, -0.2) is 21.2 Å². The molecule has 1 N–H and O–H groups in total. The molecule has 0 saturated heterocycles. The van der Waals surface area contributed by atoms with E-state index in [0.717, 1.165) is 5.56 Å². The summed E-state index contributed by atoms with van der Waals surface area (Å²) in [6.07, 6.45) is 1.90. The van der Waals surface area contributed by atoms with Crippen LogP contribution in [-0.2, 0) is 6.42 Å². The van der Waals surface area contributed by atoms with Crippen LogP contribution < -0.4 is 0 Å². The number of hydrogen-bond acceptors (Lipinski definition) is 8. The van der Waals surface area contributed by atoms with E-state index in [0.29, 0.717) is 27.6 Å². The molecule has 0 saturated carbocycles. The summed E-state index contributed by atoms with van der Waals surface area (Å²) in [6, 6.07) is 11.4. The molecule has 0 unspecified atom stereocenters. The molecule has 0 aliphatic heterocycles. The van der Waals surface area contributed by atoms with E-state index in [2.05, 4.69) is 21.7 Å². The summed E-state index contributed by atoms with van der Waals surface area (Å²) in [5.41, 5.74) is 2.07. The fraction of sp³-hybridized carbons (Fsp3) is 0.100. The number of thiazole rings is 1. The number of phenolic OH excluding ortho intramolecular Hbond substituents is 1. The first kappa shape index (κ1) is 20.0. The largest absolute Gasteiger partial charge is 0.508 e. The zero-order valence-electron chi connectivity index (χ0n) is 15.4. The van der Waals surface area contributed by atoms with E-state index in [4.69, 9.17) is 0 Å². The summed E-state index contributed by atoms with van der Waals surface area (Å²) in [5, 5.41) is 24.8. The predicted molar refractivity (Wildman–Crippen MR) is 114 cm³/mol. The van der Waals surface area contributed by atoms with Crippen LogP contribution in [0.5, 0.6) is 5.75 Å². The number of aromatic hydroxyl groups is 1. The second-order valence-electron chi connectivity index (χ2n) is 6.04. The zero-order valence-corrected chi connectivity index (χ0v) is 16.2. The molecule has 146 valence electrons. The molecule has 0 atom stereocenters. The van der Waals surface area contributed by atoms with Crippen molar-refractivity contribution < 1.29 is 10.0 Å². The third-order valence-electron chi connectivity index (χ3n) is 4.10. The van der Waals surface area contributed by atoms with Gasteiger partial charge < -0.3 is 5.11 Å². The molecular weight excluding hydrogens is 392 g/mol. The van der Waals surface area contributed by atoms with Crippen molar-refractivity contribution in [2.45, 2.75) is 13.3 Å².